The normalized spacial score (nSPS) is 18.6. The lowest BCUT2D eigenvalue weighted by molar-refractivity contribution is -0.0500. The Balaban J connectivity index is 1.30. The maximum atomic E-state index is 12.9. The number of ether oxygens (including phenoxy) is 1. The minimum atomic E-state index is -5.31. The molecule has 0 radical (unpaired) electrons. The van der Waals surface area contributed by atoms with Crippen molar-refractivity contribution < 1.29 is 26.3 Å². The van der Waals surface area contributed by atoms with E-state index in [-0.39, 0.29) is 26.2 Å². The predicted octanol–water partition coefficient (Wildman–Crippen LogP) is 3.04. The lowest BCUT2D eigenvalue weighted by atomic mass is 10.1. The van der Waals surface area contributed by atoms with Gasteiger partial charge in [-0.2, -0.15) is 22.6 Å². The first kappa shape index (κ1) is 25.4. The number of hydrogen-bond acceptors (Lipinski definition) is 9. The van der Waals surface area contributed by atoms with E-state index in [0.717, 1.165) is 37.4 Å². The molecule has 0 aliphatic carbocycles. The van der Waals surface area contributed by atoms with E-state index in [9.17, 15) is 21.6 Å². The molecule has 0 unspecified atom stereocenters. The van der Waals surface area contributed by atoms with Gasteiger partial charge < -0.3 is 9.64 Å². The highest BCUT2D eigenvalue weighted by atomic mass is 32.2. The molecule has 2 aliphatic rings. The largest absolute Gasteiger partial charge is 0.511 e. The molecule has 4 aromatic rings. The molecule has 2 saturated heterocycles. The molecule has 0 saturated carbocycles. The van der Waals surface area contributed by atoms with Crippen LogP contribution in [0.4, 0.5) is 19.0 Å². The third kappa shape index (κ3) is 4.62. The zero-order chi connectivity index (χ0) is 26.5. The number of sulfonamides is 1. The van der Waals surface area contributed by atoms with E-state index in [1.54, 1.807) is 17.5 Å². The highest BCUT2D eigenvalue weighted by Gasteiger charge is 2.50. The van der Waals surface area contributed by atoms with E-state index in [1.165, 1.54) is 0 Å². The Morgan fingerprint density at radius 2 is 1.82 bits per heavy atom. The predicted molar refractivity (Wildman–Crippen MR) is 137 cm³/mol. The smallest absolute Gasteiger partial charge is 0.378 e. The lowest BCUT2D eigenvalue weighted by Gasteiger charge is -2.33. The number of hydrogen-bond donors (Lipinski definition) is 1. The van der Waals surface area contributed by atoms with Gasteiger partial charge in [-0.1, -0.05) is 12.1 Å². The maximum Gasteiger partial charge on any atom is 0.511 e. The van der Waals surface area contributed by atoms with E-state index in [4.69, 9.17) is 14.7 Å². The second-order valence-corrected chi connectivity index (χ2v) is 12.2. The fraction of sp³-hybridized carbons (Fsp3) is 0.435. The van der Waals surface area contributed by atoms with Crippen LogP contribution in [0.25, 0.3) is 32.5 Å². The van der Waals surface area contributed by atoms with Crippen LogP contribution in [0.3, 0.4) is 0 Å². The second-order valence-electron chi connectivity index (χ2n) is 9.16. The summed E-state index contributed by atoms with van der Waals surface area (Å²) in [6.07, 6.45) is 1.75. The van der Waals surface area contributed by atoms with Crippen molar-refractivity contribution in [2.75, 3.05) is 57.4 Å². The molecular formula is C23H24F3N7O3S2. The summed E-state index contributed by atoms with van der Waals surface area (Å²) in [5.41, 5.74) is -2.75. The van der Waals surface area contributed by atoms with Crippen LogP contribution in [-0.4, -0.2) is 95.8 Å². The Hall–Kier alpha value is -2.85. The zero-order valence-corrected chi connectivity index (χ0v) is 21.7. The molecule has 1 aromatic carbocycles. The number of rotatable bonds is 5. The number of aromatic amines is 1. The van der Waals surface area contributed by atoms with Crippen molar-refractivity contribution in [3.63, 3.8) is 0 Å². The van der Waals surface area contributed by atoms with Crippen molar-refractivity contribution in [1.82, 2.24) is 29.4 Å². The van der Waals surface area contributed by atoms with Crippen molar-refractivity contribution in [3.8, 4) is 11.4 Å². The van der Waals surface area contributed by atoms with Crippen LogP contribution in [-0.2, 0) is 21.3 Å². The highest BCUT2D eigenvalue weighted by Crippen LogP contribution is 2.36. The number of alkyl halides is 3. The topological polar surface area (TPSA) is 108 Å². The van der Waals surface area contributed by atoms with Gasteiger partial charge in [0.1, 0.15) is 0 Å². The Morgan fingerprint density at radius 3 is 2.55 bits per heavy atom. The second kappa shape index (κ2) is 9.72. The molecular weight excluding hydrogens is 543 g/mol. The molecule has 202 valence electrons. The molecule has 10 nitrogen and oxygen atoms in total. The average molecular weight is 568 g/mol. The number of piperazine rings is 1. The molecule has 38 heavy (non-hydrogen) atoms. The van der Waals surface area contributed by atoms with Gasteiger partial charge in [-0.15, -0.1) is 11.3 Å². The SMILES string of the molecule is O=S(=O)(N1CCN(Cc2cc3nc(-c4cccc5[nH]ncc45)nc(N4CCOCC4)c3s2)CC1)C(F)(F)F. The number of anilines is 1. The number of nitrogens with zero attached hydrogens (tertiary/aromatic N) is 6. The highest BCUT2D eigenvalue weighted by molar-refractivity contribution is 7.90. The van der Waals surface area contributed by atoms with Crippen molar-refractivity contribution in [2.24, 2.45) is 0 Å². The summed E-state index contributed by atoms with van der Waals surface area (Å²) in [5.74, 6) is 1.41. The molecule has 0 bridgehead atoms. The van der Waals surface area contributed by atoms with Crippen LogP contribution in [0.1, 0.15) is 4.88 Å². The molecule has 6 rings (SSSR count). The van der Waals surface area contributed by atoms with Gasteiger partial charge in [0.25, 0.3) is 0 Å². The number of aromatic nitrogens is 4. The first-order valence-corrected chi connectivity index (χ1v) is 14.3. The maximum absolute atomic E-state index is 12.9. The van der Waals surface area contributed by atoms with Gasteiger partial charge in [0.05, 0.1) is 35.1 Å². The van der Waals surface area contributed by atoms with Crippen LogP contribution in [0.15, 0.2) is 30.5 Å². The Morgan fingerprint density at radius 1 is 1.05 bits per heavy atom. The number of H-pyrrole nitrogens is 1. The number of benzene rings is 1. The lowest BCUT2D eigenvalue weighted by Crippen LogP contribution is -2.51. The summed E-state index contributed by atoms with van der Waals surface area (Å²) in [4.78, 5) is 15.0. The summed E-state index contributed by atoms with van der Waals surface area (Å²) >= 11 is 1.55. The summed E-state index contributed by atoms with van der Waals surface area (Å²) in [7, 11) is -5.31. The van der Waals surface area contributed by atoms with Crippen LogP contribution in [0.2, 0.25) is 0 Å². The van der Waals surface area contributed by atoms with Gasteiger partial charge in [0.15, 0.2) is 11.6 Å². The summed E-state index contributed by atoms with van der Waals surface area (Å²) in [6.45, 7) is 3.08. The van der Waals surface area contributed by atoms with Gasteiger partial charge in [0, 0.05) is 61.6 Å². The van der Waals surface area contributed by atoms with Crippen LogP contribution < -0.4 is 4.90 Å². The minimum Gasteiger partial charge on any atom is -0.378 e. The third-order valence-electron chi connectivity index (χ3n) is 6.78. The quantitative estimate of drug-likeness (QED) is 0.392. The Bertz CT molecular complexity index is 1570. The first-order chi connectivity index (χ1) is 18.2. The number of halogens is 3. The Kier molecular flexibility index (Phi) is 6.50. The van der Waals surface area contributed by atoms with Crippen LogP contribution >= 0.6 is 11.3 Å². The van der Waals surface area contributed by atoms with Crippen LogP contribution in [0.5, 0.6) is 0 Å². The van der Waals surface area contributed by atoms with Crippen molar-refractivity contribution in [3.05, 3.63) is 35.3 Å². The molecule has 1 N–H and O–H groups in total. The van der Waals surface area contributed by atoms with E-state index in [1.807, 2.05) is 29.2 Å². The van der Waals surface area contributed by atoms with Crippen LogP contribution in [0, 0.1) is 0 Å². The van der Waals surface area contributed by atoms with Gasteiger partial charge in [0.2, 0.25) is 0 Å². The fourth-order valence-electron chi connectivity index (χ4n) is 4.81. The molecule has 15 heteroatoms. The molecule has 5 heterocycles. The molecule has 0 spiro atoms. The van der Waals surface area contributed by atoms with E-state index >= 15 is 0 Å². The summed E-state index contributed by atoms with van der Waals surface area (Å²) in [5, 5.41) is 8.04. The van der Waals surface area contributed by atoms with Crippen molar-refractivity contribution >= 4 is 48.3 Å². The number of nitrogens with one attached hydrogen (secondary N) is 1. The van der Waals surface area contributed by atoms with Gasteiger partial charge in [-0.05, 0) is 12.1 Å². The number of morpholine rings is 1. The third-order valence-corrected chi connectivity index (χ3v) is 9.52. The van der Waals surface area contributed by atoms with Crippen molar-refractivity contribution in [2.45, 2.75) is 12.1 Å². The number of fused-ring (bicyclic) bond motifs is 2. The van der Waals surface area contributed by atoms with Crippen molar-refractivity contribution in [1.29, 1.82) is 0 Å². The van der Waals surface area contributed by atoms with E-state index in [0.29, 0.717) is 43.0 Å². The number of thiophene rings is 1. The summed E-state index contributed by atoms with van der Waals surface area (Å²) < 4.78 is 69.2. The summed E-state index contributed by atoms with van der Waals surface area (Å²) in [6, 6.07) is 7.82. The molecule has 0 atom stereocenters. The minimum absolute atomic E-state index is 0.204. The standard InChI is InChI=1S/C23H24F3N7O3S2/c24-23(25,26)38(34,35)33-6-4-31(5-7-33)14-15-12-19-20(37-15)22(32-8-10-36-11-9-32)29-21(28-19)16-2-1-3-18-17(16)13-27-30-18/h1-3,12-13H,4-11,14H2,(H,27,30). The molecule has 0 amide bonds. The average Bonchev–Trinajstić information content (AvgIpc) is 3.55. The monoisotopic (exact) mass is 567 g/mol. The fourth-order valence-corrected chi connectivity index (χ4v) is 6.90. The van der Waals surface area contributed by atoms with E-state index < -0.39 is 15.5 Å². The first-order valence-electron chi connectivity index (χ1n) is 12.0. The molecule has 2 aliphatic heterocycles. The van der Waals surface area contributed by atoms with E-state index in [2.05, 4.69) is 15.1 Å². The van der Waals surface area contributed by atoms with Gasteiger partial charge in [-0.3, -0.25) is 10.00 Å². The molecule has 3 aromatic heterocycles. The molecule has 2 fully saturated rings. The Labute approximate surface area is 220 Å². The van der Waals surface area contributed by atoms with Gasteiger partial charge >= 0.3 is 15.5 Å². The van der Waals surface area contributed by atoms with Gasteiger partial charge in [-0.25, -0.2) is 18.4 Å². The zero-order valence-electron chi connectivity index (χ0n) is 20.1.